The van der Waals surface area contributed by atoms with Gasteiger partial charge in [0.1, 0.15) is 6.04 Å². The van der Waals surface area contributed by atoms with Gasteiger partial charge >= 0.3 is 0 Å². The molecule has 0 aliphatic carbocycles. The Balaban J connectivity index is 1.83. The van der Waals surface area contributed by atoms with E-state index in [0.717, 1.165) is 17.7 Å². The minimum Gasteiger partial charge on any atom is -0.355 e. The maximum atomic E-state index is 14.3. The third-order valence-electron chi connectivity index (χ3n) is 4.57. The second-order valence-corrected chi connectivity index (χ2v) is 7.45. The molecule has 1 unspecified atom stereocenters. The standard InChI is InChI=1S/C19H18Cl2F3N3O/c1-26(10-11-6-12(20)8-13(21)7-11)19(28)16-9-25-4-5-27(16)15-3-2-14(22)17(23)18(15)24/h2-3,6-8,16,25H,4-5,9-10H2,1H3. The SMILES string of the molecule is CN(Cc1cc(Cl)cc(Cl)c1)C(=O)C1CNCCN1c1ccc(F)c(F)c1F. The van der Waals surface area contributed by atoms with Gasteiger partial charge in [-0.1, -0.05) is 23.2 Å². The molecule has 0 aromatic heterocycles. The zero-order valence-corrected chi connectivity index (χ0v) is 16.5. The molecule has 1 saturated heterocycles. The van der Waals surface area contributed by atoms with Crippen molar-refractivity contribution in [1.82, 2.24) is 10.2 Å². The molecule has 1 aliphatic rings. The van der Waals surface area contributed by atoms with Gasteiger partial charge in [0.25, 0.3) is 0 Å². The Hall–Kier alpha value is -1.96. The summed E-state index contributed by atoms with van der Waals surface area (Å²) >= 11 is 12.0. The molecule has 1 heterocycles. The monoisotopic (exact) mass is 431 g/mol. The topological polar surface area (TPSA) is 35.6 Å². The number of likely N-dealkylation sites (N-methyl/N-ethyl adjacent to an activating group) is 1. The lowest BCUT2D eigenvalue weighted by molar-refractivity contribution is -0.132. The number of carbonyl (C=O) groups excluding carboxylic acids is 1. The number of nitrogens with zero attached hydrogens (tertiary/aromatic N) is 2. The smallest absolute Gasteiger partial charge is 0.246 e. The molecular formula is C19H18Cl2F3N3O. The molecular weight excluding hydrogens is 414 g/mol. The van der Waals surface area contributed by atoms with Gasteiger partial charge in [-0.05, 0) is 35.9 Å². The van der Waals surface area contributed by atoms with Gasteiger partial charge in [-0.2, -0.15) is 0 Å². The van der Waals surface area contributed by atoms with Crippen molar-refractivity contribution in [3.8, 4) is 0 Å². The van der Waals surface area contributed by atoms with Gasteiger partial charge in [-0.15, -0.1) is 0 Å². The molecule has 9 heteroatoms. The molecule has 1 amide bonds. The van der Waals surface area contributed by atoms with E-state index < -0.39 is 23.5 Å². The summed E-state index contributed by atoms with van der Waals surface area (Å²) in [6.45, 7) is 1.24. The van der Waals surface area contributed by atoms with Crippen molar-refractivity contribution in [2.24, 2.45) is 0 Å². The molecule has 1 atom stereocenters. The quantitative estimate of drug-likeness (QED) is 0.746. The van der Waals surface area contributed by atoms with E-state index in [2.05, 4.69) is 5.32 Å². The van der Waals surface area contributed by atoms with Crippen LogP contribution in [0, 0.1) is 17.5 Å². The maximum Gasteiger partial charge on any atom is 0.246 e. The number of piperazine rings is 1. The van der Waals surface area contributed by atoms with Crippen LogP contribution in [0.1, 0.15) is 5.56 Å². The van der Waals surface area contributed by atoms with Crippen molar-refractivity contribution in [2.75, 3.05) is 31.6 Å². The van der Waals surface area contributed by atoms with Crippen molar-refractivity contribution in [2.45, 2.75) is 12.6 Å². The zero-order valence-electron chi connectivity index (χ0n) is 15.0. The van der Waals surface area contributed by atoms with Crippen LogP contribution in [0.3, 0.4) is 0 Å². The molecule has 1 N–H and O–H groups in total. The van der Waals surface area contributed by atoms with Crippen LogP contribution in [-0.2, 0) is 11.3 Å². The van der Waals surface area contributed by atoms with Crippen molar-refractivity contribution < 1.29 is 18.0 Å². The molecule has 0 saturated carbocycles. The molecule has 0 bridgehead atoms. The molecule has 28 heavy (non-hydrogen) atoms. The van der Waals surface area contributed by atoms with Gasteiger partial charge in [0.2, 0.25) is 5.91 Å². The van der Waals surface area contributed by atoms with Gasteiger partial charge in [-0.3, -0.25) is 4.79 Å². The summed E-state index contributed by atoms with van der Waals surface area (Å²) in [5.74, 6) is -4.42. The van der Waals surface area contributed by atoms with E-state index >= 15 is 0 Å². The number of carbonyl (C=O) groups is 1. The van der Waals surface area contributed by atoms with Gasteiger partial charge in [0.05, 0.1) is 5.69 Å². The maximum absolute atomic E-state index is 14.3. The summed E-state index contributed by atoms with van der Waals surface area (Å²) in [4.78, 5) is 15.9. The van der Waals surface area contributed by atoms with Crippen LogP contribution in [0.15, 0.2) is 30.3 Å². The van der Waals surface area contributed by atoms with Crippen LogP contribution < -0.4 is 10.2 Å². The highest BCUT2D eigenvalue weighted by Gasteiger charge is 2.33. The highest BCUT2D eigenvalue weighted by molar-refractivity contribution is 6.34. The summed E-state index contributed by atoms with van der Waals surface area (Å²) < 4.78 is 41.2. The lowest BCUT2D eigenvalue weighted by Gasteiger charge is -2.38. The number of benzene rings is 2. The number of hydrogen-bond acceptors (Lipinski definition) is 3. The molecule has 0 spiro atoms. The number of halogens is 5. The fourth-order valence-corrected chi connectivity index (χ4v) is 3.83. The second-order valence-electron chi connectivity index (χ2n) is 6.58. The van der Waals surface area contributed by atoms with E-state index in [0.29, 0.717) is 16.6 Å². The minimum absolute atomic E-state index is 0.141. The summed E-state index contributed by atoms with van der Waals surface area (Å²) in [5.41, 5.74) is 0.598. The Kier molecular flexibility index (Phi) is 6.37. The van der Waals surface area contributed by atoms with Gasteiger partial charge < -0.3 is 15.1 Å². The number of hydrogen-bond donors (Lipinski definition) is 1. The average molecular weight is 432 g/mol. The number of anilines is 1. The predicted octanol–water partition coefficient (Wildman–Crippen LogP) is 3.85. The van der Waals surface area contributed by atoms with Crippen LogP contribution in [0.5, 0.6) is 0 Å². The van der Waals surface area contributed by atoms with Crippen molar-refractivity contribution in [1.29, 1.82) is 0 Å². The Bertz CT molecular complexity index is 877. The Morgan fingerprint density at radius 1 is 1.18 bits per heavy atom. The van der Waals surface area contributed by atoms with Crippen molar-refractivity contribution >= 4 is 34.8 Å². The van der Waals surface area contributed by atoms with Crippen molar-refractivity contribution in [3.63, 3.8) is 0 Å². The molecule has 3 rings (SSSR count). The Morgan fingerprint density at radius 3 is 2.54 bits per heavy atom. The lowest BCUT2D eigenvalue weighted by Crippen LogP contribution is -2.58. The summed E-state index contributed by atoms with van der Waals surface area (Å²) in [6, 6.07) is 6.22. The summed E-state index contributed by atoms with van der Waals surface area (Å²) in [6.07, 6.45) is 0. The lowest BCUT2D eigenvalue weighted by atomic mass is 10.1. The van der Waals surface area contributed by atoms with Crippen LogP contribution in [0.4, 0.5) is 18.9 Å². The van der Waals surface area contributed by atoms with Gasteiger partial charge in [0, 0.05) is 43.3 Å². The van der Waals surface area contributed by atoms with E-state index in [1.807, 2.05) is 0 Å². The third kappa shape index (κ3) is 4.37. The molecule has 2 aromatic carbocycles. The Morgan fingerprint density at radius 2 is 1.86 bits per heavy atom. The first-order valence-corrected chi connectivity index (χ1v) is 9.34. The molecule has 150 valence electrons. The largest absolute Gasteiger partial charge is 0.355 e. The first-order valence-electron chi connectivity index (χ1n) is 8.58. The van der Waals surface area contributed by atoms with Crippen LogP contribution in [-0.4, -0.2) is 43.5 Å². The highest BCUT2D eigenvalue weighted by atomic mass is 35.5. The molecule has 2 aromatic rings. The number of nitrogens with one attached hydrogen (secondary N) is 1. The third-order valence-corrected chi connectivity index (χ3v) is 5.01. The average Bonchev–Trinajstić information content (AvgIpc) is 2.65. The normalized spacial score (nSPS) is 16.9. The first-order chi connectivity index (χ1) is 13.3. The van der Waals surface area contributed by atoms with Gasteiger partial charge in [-0.25, -0.2) is 13.2 Å². The molecule has 4 nitrogen and oxygen atoms in total. The first kappa shape index (κ1) is 20.8. The van der Waals surface area contributed by atoms with Crippen LogP contribution in [0.2, 0.25) is 10.0 Å². The van der Waals surface area contributed by atoms with Crippen molar-refractivity contribution in [3.05, 3.63) is 63.4 Å². The Labute approximate surface area is 170 Å². The van der Waals surface area contributed by atoms with E-state index in [-0.39, 0.29) is 31.2 Å². The number of amides is 1. The highest BCUT2D eigenvalue weighted by Crippen LogP contribution is 2.27. The summed E-state index contributed by atoms with van der Waals surface area (Å²) in [7, 11) is 1.60. The molecule has 1 aliphatic heterocycles. The molecule has 1 fully saturated rings. The minimum atomic E-state index is -1.55. The van der Waals surface area contributed by atoms with Crippen LogP contribution >= 0.6 is 23.2 Å². The van der Waals surface area contributed by atoms with E-state index in [1.54, 1.807) is 25.2 Å². The second kappa shape index (κ2) is 8.59. The molecule has 0 radical (unpaired) electrons. The zero-order chi connectivity index (χ0) is 20.4. The van der Waals surface area contributed by atoms with E-state index in [9.17, 15) is 18.0 Å². The predicted molar refractivity (Wildman–Crippen MR) is 103 cm³/mol. The fraction of sp³-hybridized carbons (Fsp3) is 0.316. The number of rotatable bonds is 4. The summed E-state index contributed by atoms with van der Waals surface area (Å²) in [5, 5.41) is 3.98. The van der Waals surface area contributed by atoms with E-state index in [1.165, 1.54) is 9.80 Å². The van der Waals surface area contributed by atoms with Crippen LogP contribution in [0.25, 0.3) is 0 Å². The van der Waals surface area contributed by atoms with E-state index in [4.69, 9.17) is 23.2 Å². The fourth-order valence-electron chi connectivity index (χ4n) is 3.26. The van der Waals surface area contributed by atoms with Gasteiger partial charge in [0.15, 0.2) is 17.5 Å².